The maximum absolute atomic E-state index is 13.0. The molecule has 1 unspecified atom stereocenters. The van der Waals surface area contributed by atoms with Crippen molar-refractivity contribution in [2.75, 3.05) is 6.54 Å². The standard InChI is InChI=1S/C13H19BrFN/c1-3-4-10(2)16-8-7-11-5-6-13(15)12(14)9-11/h5-6,9-10,16H,3-4,7-8H2,1-2H3. The van der Waals surface area contributed by atoms with Gasteiger partial charge >= 0.3 is 0 Å². The minimum absolute atomic E-state index is 0.198. The number of benzene rings is 1. The van der Waals surface area contributed by atoms with Gasteiger partial charge in [-0.2, -0.15) is 0 Å². The molecule has 1 rings (SSSR count). The van der Waals surface area contributed by atoms with E-state index in [1.54, 1.807) is 0 Å². The van der Waals surface area contributed by atoms with Gasteiger partial charge in [0, 0.05) is 6.04 Å². The number of hydrogen-bond acceptors (Lipinski definition) is 1. The van der Waals surface area contributed by atoms with Gasteiger partial charge in [0.05, 0.1) is 4.47 Å². The zero-order valence-corrected chi connectivity index (χ0v) is 11.5. The summed E-state index contributed by atoms with van der Waals surface area (Å²) in [6.07, 6.45) is 3.34. The van der Waals surface area contributed by atoms with Crippen molar-refractivity contribution in [3.63, 3.8) is 0 Å². The Morgan fingerprint density at radius 3 is 2.81 bits per heavy atom. The predicted octanol–water partition coefficient (Wildman–Crippen LogP) is 3.91. The molecule has 3 heteroatoms. The molecule has 90 valence electrons. The van der Waals surface area contributed by atoms with E-state index in [2.05, 4.69) is 35.1 Å². The van der Waals surface area contributed by atoms with Crippen LogP contribution in [0.4, 0.5) is 4.39 Å². The molecule has 1 atom stereocenters. The normalized spacial score (nSPS) is 12.8. The van der Waals surface area contributed by atoms with Crippen molar-refractivity contribution in [1.29, 1.82) is 0 Å². The van der Waals surface area contributed by atoms with E-state index in [-0.39, 0.29) is 5.82 Å². The summed E-state index contributed by atoms with van der Waals surface area (Å²) in [5.74, 6) is -0.198. The smallest absolute Gasteiger partial charge is 0.137 e. The highest BCUT2D eigenvalue weighted by Gasteiger charge is 2.02. The molecule has 0 aliphatic heterocycles. The minimum atomic E-state index is -0.198. The van der Waals surface area contributed by atoms with Crippen LogP contribution in [0.3, 0.4) is 0 Å². The summed E-state index contributed by atoms with van der Waals surface area (Å²) in [5.41, 5.74) is 1.16. The summed E-state index contributed by atoms with van der Waals surface area (Å²) in [5, 5.41) is 3.46. The molecule has 0 bridgehead atoms. The highest BCUT2D eigenvalue weighted by molar-refractivity contribution is 9.10. The SMILES string of the molecule is CCCC(C)NCCc1ccc(F)c(Br)c1. The van der Waals surface area contributed by atoms with Crippen molar-refractivity contribution in [3.8, 4) is 0 Å². The molecule has 1 N–H and O–H groups in total. The lowest BCUT2D eigenvalue weighted by molar-refractivity contribution is 0.512. The van der Waals surface area contributed by atoms with Crippen LogP contribution < -0.4 is 5.32 Å². The first-order valence-corrected chi connectivity index (χ1v) is 6.60. The second-order valence-corrected chi connectivity index (χ2v) is 5.00. The number of hydrogen-bond donors (Lipinski definition) is 1. The Morgan fingerprint density at radius 2 is 2.19 bits per heavy atom. The van der Waals surface area contributed by atoms with Gasteiger partial charge in [0.1, 0.15) is 5.82 Å². The predicted molar refractivity (Wildman–Crippen MR) is 70.2 cm³/mol. The van der Waals surface area contributed by atoms with E-state index in [4.69, 9.17) is 0 Å². The van der Waals surface area contributed by atoms with Gasteiger partial charge in [0.25, 0.3) is 0 Å². The quantitative estimate of drug-likeness (QED) is 0.837. The van der Waals surface area contributed by atoms with Crippen LogP contribution in [0.1, 0.15) is 32.3 Å². The van der Waals surface area contributed by atoms with Crippen molar-refractivity contribution >= 4 is 15.9 Å². The molecule has 1 aromatic carbocycles. The van der Waals surface area contributed by atoms with Crippen molar-refractivity contribution < 1.29 is 4.39 Å². The Bertz CT molecular complexity index is 328. The highest BCUT2D eigenvalue weighted by atomic mass is 79.9. The van der Waals surface area contributed by atoms with Gasteiger partial charge in [0.15, 0.2) is 0 Å². The monoisotopic (exact) mass is 287 g/mol. The van der Waals surface area contributed by atoms with Gasteiger partial charge in [-0.1, -0.05) is 19.4 Å². The lowest BCUT2D eigenvalue weighted by Crippen LogP contribution is -2.27. The lowest BCUT2D eigenvalue weighted by atomic mass is 10.1. The maximum atomic E-state index is 13.0. The molecule has 0 amide bonds. The van der Waals surface area contributed by atoms with E-state index >= 15 is 0 Å². The maximum Gasteiger partial charge on any atom is 0.137 e. The fraction of sp³-hybridized carbons (Fsp3) is 0.538. The van der Waals surface area contributed by atoms with Crippen LogP contribution in [-0.4, -0.2) is 12.6 Å². The van der Waals surface area contributed by atoms with Gasteiger partial charge in [0.2, 0.25) is 0 Å². The molecular weight excluding hydrogens is 269 g/mol. The molecule has 0 aliphatic rings. The Labute approximate surface area is 106 Å². The topological polar surface area (TPSA) is 12.0 Å². The molecule has 1 aromatic rings. The van der Waals surface area contributed by atoms with Gasteiger partial charge in [-0.15, -0.1) is 0 Å². The number of halogens is 2. The number of nitrogens with one attached hydrogen (secondary N) is 1. The zero-order chi connectivity index (χ0) is 12.0. The third-order valence-electron chi connectivity index (χ3n) is 2.61. The van der Waals surface area contributed by atoms with Gasteiger partial charge < -0.3 is 5.32 Å². The first-order valence-electron chi connectivity index (χ1n) is 5.80. The summed E-state index contributed by atoms with van der Waals surface area (Å²) in [6.45, 7) is 5.33. The molecule has 0 aliphatic carbocycles. The van der Waals surface area contributed by atoms with Gasteiger partial charge in [-0.3, -0.25) is 0 Å². The third kappa shape index (κ3) is 4.62. The van der Waals surface area contributed by atoms with E-state index in [1.165, 1.54) is 18.9 Å². The Morgan fingerprint density at radius 1 is 1.44 bits per heavy atom. The fourth-order valence-electron chi connectivity index (χ4n) is 1.69. The van der Waals surface area contributed by atoms with Crippen molar-refractivity contribution in [2.45, 2.75) is 39.2 Å². The zero-order valence-electron chi connectivity index (χ0n) is 9.89. The molecule has 0 heterocycles. The van der Waals surface area contributed by atoms with Gasteiger partial charge in [-0.25, -0.2) is 4.39 Å². The van der Waals surface area contributed by atoms with Crippen LogP contribution in [0, 0.1) is 5.82 Å². The van der Waals surface area contributed by atoms with Crippen LogP contribution in [0.5, 0.6) is 0 Å². The van der Waals surface area contributed by atoms with Gasteiger partial charge in [-0.05, 0) is 59.9 Å². The summed E-state index contributed by atoms with van der Waals surface area (Å²) in [7, 11) is 0. The molecule has 0 aromatic heterocycles. The summed E-state index contributed by atoms with van der Waals surface area (Å²) >= 11 is 3.20. The molecule has 0 radical (unpaired) electrons. The Balaban J connectivity index is 2.34. The molecule has 0 saturated carbocycles. The fourth-order valence-corrected chi connectivity index (χ4v) is 2.12. The second kappa shape index (κ2) is 7.02. The van der Waals surface area contributed by atoms with Crippen LogP contribution in [0.15, 0.2) is 22.7 Å². The van der Waals surface area contributed by atoms with Crippen LogP contribution in [0.25, 0.3) is 0 Å². The van der Waals surface area contributed by atoms with E-state index < -0.39 is 0 Å². The average Bonchev–Trinajstić information content (AvgIpc) is 2.24. The minimum Gasteiger partial charge on any atom is -0.314 e. The molecule has 16 heavy (non-hydrogen) atoms. The highest BCUT2D eigenvalue weighted by Crippen LogP contribution is 2.16. The molecule has 0 saturated heterocycles. The van der Waals surface area contributed by atoms with Crippen LogP contribution >= 0.6 is 15.9 Å². The Hall–Kier alpha value is -0.410. The van der Waals surface area contributed by atoms with Crippen molar-refractivity contribution in [1.82, 2.24) is 5.32 Å². The third-order valence-corrected chi connectivity index (χ3v) is 3.22. The molecule has 0 fully saturated rings. The second-order valence-electron chi connectivity index (χ2n) is 4.14. The van der Waals surface area contributed by atoms with Crippen LogP contribution in [-0.2, 0) is 6.42 Å². The molecule has 0 spiro atoms. The first kappa shape index (κ1) is 13.7. The van der Waals surface area contributed by atoms with E-state index in [0.717, 1.165) is 18.5 Å². The van der Waals surface area contributed by atoms with Crippen molar-refractivity contribution in [2.24, 2.45) is 0 Å². The average molecular weight is 288 g/mol. The molecular formula is C13H19BrFN. The van der Waals surface area contributed by atoms with Crippen LogP contribution in [0.2, 0.25) is 0 Å². The number of rotatable bonds is 6. The van der Waals surface area contributed by atoms with E-state index in [9.17, 15) is 4.39 Å². The Kier molecular flexibility index (Phi) is 5.99. The first-order chi connectivity index (χ1) is 7.63. The largest absolute Gasteiger partial charge is 0.314 e. The van der Waals surface area contributed by atoms with E-state index in [1.807, 2.05) is 12.1 Å². The summed E-state index contributed by atoms with van der Waals surface area (Å²) in [4.78, 5) is 0. The summed E-state index contributed by atoms with van der Waals surface area (Å²) in [6, 6.07) is 5.76. The molecule has 1 nitrogen and oxygen atoms in total. The van der Waals surface area contributed by atoms with Crippen molar-refractivity contribution in [3.05, 3.63) is 34.1 Å². The lowest BCUT2D eigenvalue weighted by Gasteiger charge is -2.12. The summed E-state index contributed by atoms with van der Waals surface area (Å²) < 4.78 is 13.5. The van der Waals surface area contributed by atoms with E-state index in [0.29, 0.717) is 10.5 Å².